The fraction of sp³-hybridized carbons (Fsp3) is 0.333. The Morgan fingerprint density at radius 3 is 2.64 bits per heavy atom. The molecule has 5 nitrogen and oxygen atoms in total. The molecule has 3 rings (SSSR count). The van der Waals surface area contributed by atoms with Gasteiger partial charge in [-0.2, -0.15) is 0 Å². The van der Waals surface area contributed by atoms with Crippen LogP contribution >= 0.6 is 27.5 Å². The van der Waals surface area contributed by atoms with Crippen LogP contribution in [-0.4, -0.2) is 35.8 Å². The summed E-state index contributed by atoms with van der Waals surface area (Å²) in [6.45, 7) is 2.98. The SMILES string of the molecule is Cc1ccoc1C(=O)NC1CCN(C(=O)c2cc(Br)ccc2Cl)CC1. The predicted octanol–water partition coefficient (Wildman–Crippen LogP) is 4.04. The van der Waals surface area contributed by atoms with Gasteiger partial charge in [0.05, 0.1) is 16.8 Å². The number of hydrogen-bond donors (Lipinski definition) is 1. The van der Waals surface area contributed by atoms with Gasteiger partial charge in [0.25, 0.3) is 11.8 Å². The molecule has 0 radical (unpaired) electrons. The molecule has 1 aromatic carbocycles. The highest BCUT2D eigenvalue weighted by Crippen LogP contribution is 2.24. The van der Waals surface area contributed by atoms with Crippen molar-refractivity contribution in [3.63, 3.8) is 0 Å². The van der Waals surface area contributed by atoms with E-state index in [0.717, 1.165) is 10.0 Å². The maximum atomic E-state index is 12.7. The quantitative estimate of drug-likeness (QED) is 0.807. The average Bonchev–Trinajstić information content (AvgIpc) is 3.03. The molecular weight excluding hydrogens is 408 g/mol. The van der Waals surface area contributed by atoms with Crippen molar-refractivity contribution in [2.45, 2.75) is 25.8 Å². The fourth-order valence-corrected chi connectivity index (χ4v) is 3.47. The van der Waals surface area contributed by atoms with Gasteiger partial charge >= 0.3 is 0 Å². The summed E-state index contributed by atoms with van der Waals surface area (Å²) >= 11 is 9.51. The average molecular weight is 426 g/mol. The molecule has 0 atom stereocenters. The summed E-state index contributed by atoms with van der Waals surface area (Å²) in [5.41, 5.74) is 1.30. The molecule has 1 aliphatic heterocycles. The van der Waals surface area contributed by atoms with Gasteiger partial charge in [-0.3, -0.25) is 9.59 Å². The van der Waals surface area contributed by atoms with Gasteiger partial charge in [-0.25, -0.2) is 0 Å². The largest absolute Gasteiger partial charge is 0.459 e. The number of nitrogens with one attached hydrogen (secondary N) is 1. The van der Waals surface area contributed by atoms with Crippen LogP contribution in [0.15, 0.2) is 39.4 Å². The van der Waals surface area contributed by atoms with E-state index in [9.17, 15) is 9.59 Å². The number of halogens is 2. The van der Waals surface area contributed by atoms with Crippen LogP contribution in [0, 0.1) is 6.92 Å². The molecule has 2 amide bonds. The minimum atomic E-state index is -0.206. The summed E-state index contributed by atoms with van der Waals surface area (Å²) in [6, 6.07) is 7.03. The summed E-state index contributed by atoms with van der Waals surface area (Å²) in [7, 11) is 0. The zero-order chi connectivity index (χ0) is 18.0. The molecular formula is C18H18BrClN2O3. The van der Waals surface area contributed by atoms with Gasteiger partial charge in [0.2, 0.25) is 0 Å². The Labute approximate surface area is 159 Å². The zero-order valence-electron chi connectivity index (χ0n) is 13.7. The molecule has 2 heterocycles. The van der Waals surface area contributed by atoms with Gasteiger partial charge in [-0.1, -0.05) is 27.5 Å². The lowest BCUT2D eigenvalue weighted by Crippen LogP contribution is -2.46. The summed E-state index contributed by atoms with van der Waals surface area (Å²) in [5, 5.41) is 3.42. The lowest BCUT2D eigenvalue weighted by atomic mass is 10.0. The van der Waals surface area contributed by atoms with Gasteiger partial charge in [0, 0.05) is 29.2 Å². The van der Waals surface area contributed by atoms with Gasteiger partial charge in [-0.15, -0.1) is 0 Å². The third-order valence-corrected chi connectivity index (χ3v) is 5.17. The molecule has 1 aliphatic rings. The molecule has 1 N–H and O–H groups in total. The van der Waals surface area contributed by atoms with Gasteiger partial charge < -0.3 is 14.6 Å². The molecule has 0 unspecified atom stereocenters. The number of benzene rings is 1. The van der Waals surface area contributed by atoms with Crippen molar-refractivity contribution < 1.29 is 14.0 Å². The second-order valence-corrected chi connectivity index (χ2v) is 7.42. The van der Waals surface area contributed by atoms with Crippen molar-refractivity contribution >= 4 is 39.3 Å². The number of likely N-dealkylation sites (tertiary alicyclic amines) is 1. The molecule has 1 aromatic heterocycles. The molecule has 0 spiro atoms. The number of hydrogen-bond acceptors (Lipinski definition) is 3. The maximum Gasteiger partial charge on any atom is 0.287 e. The van der Waals surface area contributed by atoms with E-state index in [1.165, 1.54) is 6.26 Å². The molecule has 0 aliphatic carbocycles. The van der Waals surface area contributed by atoms with Crippen molar-refractivity contribution in [2.24, 2.45) is 0 Å². The molecule has 0 bridgehead atoms. The summed E-state index contributed by atoms with van der Waals surface area (Å²) < 4.78 is 6.03. The fourth-order valence-electron chi connectivity index (χ4n) is 2.91. The van der Waals surface area contributed by atoms with E-state index in [1.54, 1.807) is 29.2 Å². The lowest BCUT2D eigenvalue weighted by Gasteiger charge is -2.32. The standard InChI is InChI=1S/C18H18BrClN2O3/c1-11-6-9-25-16(11)17(23)21-13-4-7-22(8-5-13)18(24)14-10-12(19)2-3-15(14)20/h2-3,6,9-10,13H,4-5,7-8H2,1H3,(H,21,23). The van der Waals surface area contributed by atoms with Crippen LogP contribution in [0.3, 0.4) is 0 Å². The van der Waals surface area contributed by atoms with Crippen molar-refractivity contribution in [1.82, 2.24) is 10.2 Å². The number of amides is 2. The Morgan fingerprint density at radius 2 is 2.00 bits per heavy atom. The topological polar surface area (TPSA) is 62.6 Å². The predicted molar refractivity (Wildman–Crippen MR) is 99.0 cm³/mol. The van der Waals surface area contributed by atoms with Crippen LogP contribution in [0.25, 0.3) is 0 Å². The summed E-state index contributed by atoms with van der Waals surface area (Å²) in [6.07, 6.45) is 2.90. The number of nitrogens with zero attached hydrogens (tertiary/aromatic N) is 1. The van der Waals surface area contributed by atoms with Crippen LogP contribution in [0.2, 0.25) is 5.02 Å². The highest BCUT2D eigenvalue weighted by atomic mass is 79.9. The maximum absolute atomic E-state index is 12.7. The molecule has 7 heteroatoms. The number of carbonyl (C=O) groups excluding carboxylic acids is 2. The van der Waals surface area contributed by atoms with Gasteiger partial charge in [0.15, 0.2) is 5.76 Å². The molecule has 132 valence electrons. The van der Waals surface area contributed by atoms with E-state index in [2.05, 4.69) is 21.2 Å². The Bertz CT molecular complexity index is 797. The Balaban J connectivity index is 1.58. The normalized spacial score (nSPS) is 15.2. The molecule has 2 aromatic rings. The summed E-state index contributed by atoms with van der Waals surface area (Å²) in [5.74, 6) is 0.0553. The van der Waals surface area contributed by atoms with E-state index in [0.29, 0.717) is 42.3 Å². The van der Waals surface area contributed by atoms with E-state index >= 15 is 0 Å². The lowest BCUT2D eigenvalue weighted by molar-refractivity contribution is 0.0696. The Morgan fingerprint density at radius 1 is 1.28 bits per heavy atom. The van der Waals surface area contributed by atoms with Crippen molar-refractivity contribution in [2.75, 3.05) is 13.1 Å². The first-order valence-corrected chi connectivity index (χ1v) is 9.22. The second kappa shape index (κ2) is 7.62. The third kappa shape index (κ3) is 4.07. The number of piperidine rings is 1. The molecule has 1 fully saturated rings. The monoisotopic (exact) mass is 424 g/mol. The van der Waals surface area contributed by atoms with Crippen molar-refractivity contribution in [3.05, 3.63) is 56.9 Å². The minimum absolute atomic E-state index is 0.0269. The van der Waals surface area contributed by atoms with E-state index in [1.807, 2.05) is 6.92 Å². The van der Waals surface area contributed by atoms with Crippen LogP contribution < -0.4 is 5.32 Å². The van der Waals surface area contributed by atoms with Crippen LogP contribution in [0.1, 0.15) is 39.3 Å². The molecule has 0 saturated carbocycles. The van der Waals surface area contributed by atoms with Crippen LogP contribution in [-0.2, 0) is 0 Å². The minimum Gasteiger partial charge on any atom is -0.459 e. The first kappa shape index (κ1) is 18.0. The first-order chi connectivity index (χ1) is 12.0. The molecule has 1 saturated heterocycles. The number of furan rings is 1. The van der Waals surface area contributed by atoms with Crippen molar-refractivity contribution in [1.29, 1.82) is 0 Å². The summed E-state index contributed by atoms with van der Waals surface area (Å²) in [4.78, 5) is 26.6. The van der Waals surface area contributed by atoms with Crippen molar-refractivity contribution in [3.8, 4) is 0 Å². The smallest absolute Gasteiger partial charge is 0.287 e. The highest BCUT2D eigenvalue weighted by molar-refractivity contribution is 9.10. The number of aryl methyl sites for hydroxylation is 1. The Kier molecular flexibility index (Phi) is 5.49. The molecule has 25 heavy (non-hydrogen) atoms. The third-order valence-electron chi connectivity index (χ3n) is 4.34. The van der Waals surface area contributed by atoms with E-state index in [4.69, 9.17) is 16.0 Å². The van der Waals surface area contributed by atoms with E-state index in [-0.39, 0.29) is 17.9 Å². The van der Waals surface area contributed by atoms with Gasteiger partial charge in [-0.05, 0) is 44.0 Å². The first-order valence-electron chi connectivity index (χ1n) is 8.05. The van der Waals surface area contributed by atoms with E-state index < -0.39 is 0 Å². The number of rotatable bonds is 3. The zero-order valence-corrected chi connectivity index (χ0v) is 16.1. The number of carbonyl (C=O) groups is 2. The Hall–Kier alpha value is -1.79. The van der Waals surface area contributed by atoms with Crippen LogP contribution in [0.5, 0.6) is 0 Å². The van der Waals surface area contributed by atoms with Crippen LogP contribution in [0.4, 0.5) is 0 Å². The highest BCUT2D eigenvalue weighted by Gasteiger charge is 2.26. The second-order valence-electron chi connectivity index (χ2n) is 6.10. The van der Waals surface area contributed by atoms with Gasteiger partial charge in [0.1, 0.15) is 0 Å².